The van der Waals surface area contributed by atoms with Gasteiger partial charge in [-0.3, -0.25) is 4.79 Å². The molecule has 0 N–H and O–H groups in total. The number of amides is 1. The van der Waals surface area contributed by atoms with Crippen LogP contribution in [0.1, 0.15) is 42.0 Å². The van der Waals surface area contributed by atoms with Crippen LogP contribution in [0.2, 0.25) is 0 Å². The summed E-state index contributed by atoms with van der Waals surface area (Å²) >= 11 is 0. The number of halogens is 1. The summed E-state index contributed by atoms with van der Waals surface area (Å²) in [4.78, 5) is 18.0. The molecule has 3 nitrogen and oxygen atoms in total. The number of carbonyl (C=O) groups is 1. The van der Waals surface area contributed by atoms with Gasteiger partial charge in [0.2, 0.25) is 5.91 Å². The van der Waals surface area contributed by atoms with E-state index in [9.17, 15) is 9.18 Å². The van der Waals surface area contributed by atoms with Gasteiger partial charge in [-0.05, 0) is 73.0 Å². The molecule has 0 radical (unpaired) electrons. The molecule has 0 unspecified atom stereocenters. The van der Waals surface area contributed by atoms with Crippen LogP contribution in [-0.4, -0.2) is 41.9 Å². The van der Waals surface area contributed by atoms with E-state index in [4.69, 9.17) is 0 Å². The molecule has 2 aromatic carbocycles. The first-order valence-corrected chi connectivity index (χ1v) is 10.5. The number of fused-ring (bicyclic) bond motifs is 4. The normalized spacial score (nSPS) is 28.8. The highest BCUT2D eigenvalue weighted by Crippen LogP contribution is 2.38. The Bertz CT molecular complexity index is 857. The van der Waals surface area contributed by atoms with E-state index in [1.54, 1.807) is 0 Å². The topological polar surface area (TPSA) is 23.6 Å². The number of rotatable bonds is 3. The Balaban J connectivity index is 1.43. The van der Waals surface area contributed by atoms with Gasteiger partial charge in [-0.25, -0.2) is 4.39 Å². The predicted octanol–water partition coefficient (Wildman–Crippen LogP) is 4.03. The molecule has 4 aliphatic rings. The van der Waals surface area contributed by atoms with Crippen molar-refractivity contribution in [3.05, 3.63) is 71.0 Å². The van der Waals surface area contributed by atoms with Crippen molar-refractivity contribution in [2.75, 3.05) is 26.2 Å². The summed E-state index contributed by atoms with van der Waals surface area (Å²) in [6.45, 7) is 4.20. The van der Waals surface area contributed by atoms with Crippen LogP contribution < -0.4 is 0 Å². The third-order valence-electron chi connectivity index (χ3n) is 7.02. The Labute approximate surface area is 166 Å². The molecule has 28 heavy (non-hydrogen) atoms. The monoisotopic (exact) mass is 378 g/mol. The molecular formula is C24H27FN2O. The first-order valence-electron chi connectivity index (χ1n) is 10.5. The Morgan fingerprint density at radius 3 is 2.46 bits per heavy atom. The van der Waals surface area contributed by atoms with Crippen LogP contribution in [0.5, 0.6) is 0 Å². The first kappa shape index (κ1) is 17.9. The molecule has 2 aromatic rings. The van der Waals surface area contributed by atoms with E-state index in [-0.39, 0.29) is 17.8 Å². The lowest BCUT2D eigenvalue weighted by molar-refractivity contribution is -0.136. The van der Waals surface area contributed by atoms with Gasteiger partial charge in [0.15, 0.2) is 0 Å². The molecule has 0 aromatic heterocycles. The summed E-state index contributed by atoms with van der Waals surface area (Å²) in [5.41, 5.74) is 3.47. The molecule has 1 amide bonds. The molecular weight excluding hydrogens is 351 g/mol. The average Bonchev–Trinajstić information content (AvgIpc) is 2.74. The molecule has 0 aliphatic carbocycles. The van der Waals surface area contributed by atoms with Gasteiger partial charge in [-0.15, -0.1) is 0 Å². The first-order chi connectivity index (χ1) is 13.7. The zero-order valence-electron chi connectivity index (χ0n) is 16.2. The highest BCUT2D eigenvalue weighted by molar-refractivity contribution is 5.78. The van der Waals surface area contributed by atoms with Crippen LogP contribution >= 0.6 is 0 Å². The maximum absolute atomic E-state index is 13.5. The zero-order valence-corrected chi connectivity index (χ0v) is 16.2. The van der Waals surface area contributed by atoms with E-state index in [0.717, 1.165) is 25.1 Å². The molecule has 6 rings (SSSR count). The SMILES string of the molecule is O=C(C[C@@H]1CN2CCC1CC2)N1CCc2ccccc2[C@H]1c1ccc(F)cc1. The van der Waals surface area contributed by atoms with Gasteiger partial charge in [0, 0.05) is 19.5 Å². The smallest absolute Gasteiger partial charge is 0.223 e. The number of piperidine rings is 3. The molecule has 0 spiro atoms. The van der Waals surface area contributed by atoms with Crippen molar-refractivity contribution >= 4 is 5.91 Å². The van der Waals surface area contributed by atoms with Gasteiger partial charge in [0.25, 0.3) is 0 Å². The zero-order chi connectivity index (χ0) is 19.1. The Hall–Kier alpha value is -2.20. The molecule has 3 saturated heterocycles. The van der Waals surface area contributed by atoms with Crippen molar-refractivity contribution in [3.63, 3.8) is 0 Å². The lowest BCUT2D eigenvalue weighted by atomic mass is 9.77. The van der Waals surface area contributed by atoms with Gasteiger partial charge in [0.1, 0.15) is 5.82 Å². The molecule has 4 aliphatic heterocycles. The van der Waals surface area contributed by atoms with E-state index in [2.05, 4.69) is 23.1 Å². The predicted molar refractivity (Wildman–Crippen MR) is 107 cm³/mol. The number of benzene rings is 2. The number of hydrogen-bond donors (Lipinski definition) is 0. The minimum Gasteiger partial charge on any atom is -0.331 e. The van der Waals surface area contributed by atoms with Gasteiger partial charge >= 0.3 is 0 Å². The van der Waals surface area contributed by atoms with Gasteiger partial charge in [0.05, 0.1) is 6.04 Å². The van der Waals surface area contributed by atoms with Gasteiger partial charge < -0.3 is 9.80 Å². The fourth-order valence-electron chi connectivity index (χ4n) is 5.50. The summed E-state index contributed by atoms with van der Waals surface area (Å²) in [5, 5.41) is 0. The molecule has 0 saturated carbocycles. The minimum atomic E-state index is -0.238. The van der Waals surface area contributed by atoms with Crippen LogP contribution in [0.3, 0.4) is 0 Å². The van der Waals surface area contributed by atoms with Crippen molar-refractivity contribution in [2.45, 2.75) is 31.7 Å². The fraction of sp³-hybridized carbons (Fsp3) is 0.458. The Morgan fingerprint density at radius 2 is 1.75 bits per heavy atom. The molecule has 4 heterocycles. The second kappa shape index (κ2) is 7.32. The highest BCUT2D eigenvalue weighted by Gasteiger charge is 2.38. The van der Waals surface area contributed by atoms with E-state index >= 15 is 0 Å². The maximum Gasteiger partial charge on any atom is 0.223 e. The molecule has 146 valence electrons. The largest absolute Gasteiger partial charge is 0.331 e. The lowest BCUT2D eigenvalue weighted by Crippen LogP contribution is -2.49. The van der Waals surface area contributed by atoms with E-state index in [1.807, 2.05) is 23.1 Å². The molecule has 4 heteroatoms. The summed E-state index contributed by atoms with van der Waals surface area (Å²) in [6.07, 6.45) is 4.01. The van der Waals surface area contributed by atoms with Gasteiger partial charge in [-0.2, -0.15) is 0 Å². The highest BCUT2D eigenvalue weighted by atomic mass is 19.1. The van der Waals surface area contributed by atoms with Gasteiger partial charge in [-0.1, -0.05) is 36.4 Å². The van der Waals surface area contributed by atoms with Crippen LogP contribution in [0, 0.1) is 17.7 Å². The van der Waals surface area contributed by atoms with Crippen LogP contribution in [0.25, 0.3) is 0 Å². The maximum atomic E-state index is 13.5. The molecule has 2 atom stereocenters. The third-order valence-corrected chi connectivity index (χ3v) is 7.02. The van der Waals surface area contributed by atoms with Crippen LogP contribution in [0.15, 0.2) is 48.5 Å². The van der Waals surface area contributed by atoms with Crippen molar-refractivity contribution in [1.29, 1.82) is 0 Å². The van der Waals surface area contributed by atoms with E-state index in [1.165, 1.54) is 49.2 Å². The standard InChI is InChI=1S/C24H27FN2O/c25-21-7-5-19(6-8-21)24-22-4-2-1-3-18(22)11-14-27(24)23(28)15-20-16-26-12-9-17(20)10-13-26/h1-8,17,20,24H,9-16H2/t20-,24-/m1/s1. The summed E-state index contributed by atoms with van der Waals surface area (Å²) in [7, 11) is 0. The second-order valence-corrected chi connectivity index (χ2v) is 8.59. The third kappa shape index (κ3) is 3.24. The van der Waals surface area contributed by atoms with E-state index in [0.29, 0.717) is 18.3 Å². The van der Waals surface area contributed by atoms with E-state index < -0.39 is 0 Å². The van der Waals surface area contributed by atoms with Crippen molar-refractivity contribution in [3.8, 4) is 0 Å². The number of nitrogens with zero attached hydrogens (tertiary/aromatic N) is 2. The summed E-state index contributed by atoms with van der Waals surface area (Å²) < 4.78 is 13.5. The lowest BCUT2D eigenvalue weighted by Gasteiger charge is -2.46. The molecule has 3 fully saturated rings. The van der Waals surface area contributed by atoms with Crippen molar-refractivity contribution in [2.24, 2.45) is 11.8 Å². The van der Waals surface area contributed by atoms with Crippen LogP contribution in [0.4, 0.5) is 4.39 Å². The molecule has 2 bridgehead atoms. The number of hydrogen-bond acceptors (Lipinski definition) is 2. The Morgan fingerprint density at radius 1 is 1.00 bits per heavy atom. The van der Waals surface area contributed by atoms with Crippen LogP contribution in [-0.2, 0) is 11.2 Å². The summed E-state index contributed by atoms with van der Waals surface area (Å²) in [6, 6.07) is 14.9. The summed E-state index contributed by atoms with van der Waals surface area (Å²) in [5.74, 6) is 1.21. The quantitative estimate of drug-likeness (QED) is 0.805. The second-order valence-electron chi connectivity index (χ2n) is 8.59. The fourth-order valence-corrected chi connectivity index (χ4v) is 5.50. The van der Waals surface area contributed by atoms with Crippen molar-refractivity contribution in [1.82, 2.24) is 9.80 Å². The Kier molecular flexibility index (Phi) is 4.67. The number of carbonyl (C=O) groups excluding carboxylic acids is 1. The van der Waals surface area contributed by atoms with Crippen molar-refractivity contribution < 1.29 is 9.18 Å². The average molecular weight is 378 g/mol. The minimum absolute atomic E-state index is 0.112.